The van der Waals surface area contributed by atoms with Crippen molar-refractivity contribution < 1.29 is 4.74 Å². The van der Waals surface area contributed by atoms with Gasteiger partial charge in [0.05, 0.1) is 12.7 Å². The molecule has 1 aromatic carbocycles. The largest absolute Gasteiger partial charge is 0.496 e. The van der Waals surface area contributed by atoms with Crippen LogP contribution in [0.3, 0.4) is 0 Å². The molecule has 0 fully saturated rings. The lowest BCUT2D eigenvalue weighted by atomic mass is 9.86. The van der Waals surface area contributed by atoms with Crippen LogP contribution in [0.2, 0.25) is 0 Å². The van der Waals surface area contributed by atoms with Gasteiger partial charge in [0.15, 0.2) is 5.52 Å². The van der Waals surface area contributed by atoms with Gasteiger partial charge in [-0.3, -0.25) is 4.79 Å². The van der Waals surface area contributed by atoms with Crippen LogP contribution in [0.25, 0.3) is 22.6 Å². The lowest BCUT2D eigenvalue weighted by molar-refractivity contribution is 0.415. The van der Waals surface area contributed by atoms with E-state index in [9.17, 15) is 4.79 Å². The maximum Gasteiger partial charge on any atom is 0.281 e. The van der Waals surface area contributed by atoms with Crippen LogP contribution in [0.5, 0.6) is 5.75 Å². The van der Waals surface area contributed by atoms with Crippen molar-refractivity contribution in [3.05, 3.63) is 34.1 Å². The van der Waals surface area contributed by atoms with Crippen molar-refractivity contribution in [3.63, 3.8) is 0 Å². The lowest BCUT2D eigenvalue weighted by Crippen LogP contribution is -2.13. The fraction of sp³-hybridized carbons (Fsp3) is 0.333. The molecule has 114 valence electrons. The summed E-state index contributed by atoms with van der Waals surface area (Å²) in [6.45, 7) is 6.36. The highest BCUT2D eigenvalue weighted by Crippen LogP contribution is 2.32. The minimum atomic E-state index is -0.336. The van der Waals surface area contributed by atoms with E-state index in [-0.39, 0.29) is 22.1 Å². The number of aromatic amines is 2. The molecule has 0 saturated carbocycles. The topological polar surface area (TPSA) is 96.6 Å². The van der Waals surface area contributed by atoms with Crippen molar-refractivity contribution in [1.29, 1.82) is 0 Å². The van der Waals surface area contributed by atoms with Gasteiger partial charge in [0, 0.05) is 0 Å². The molecule has 0 amide bonds. The van der Waals surface area contributed by atoms with Crippen molar-refractivity contribution in [2.24, 2.45) is 0 Å². The average molecular weight is 299 g/mol. The number of rotatable bonds is 2. The number of hydrogen-bond donors (Lipinski definition) is 2. The maximum absolute atomic E-state index is 12.1. The van der Waals surface area contributed by atoms with Gasteiger partial charge in [-0.05, 0) is 23.1 Å². The Morgan fingerprint density at radius 1 is 1.18 bits per heavy atom. The Morgan fingerprint density at radius 2 is 1.95 bits per heavy atom. The van der Waals surface area contributed by atoms with Crippen molar-refractivity contribution in [1.82, 2.24) is 25.4 Å². The molecule has 0 aliphatic carbocycles. The molecule has 0 unspecified atom stereocenters. The molecular weight excluding hydrogens is 282 g/mol. The number of methoxy groups -OCH3 is 1. The number of nitrogens with one attached hydrogen (secondary N) is 2. The smallest absolute Gasteiger partial charge is 0.281 e. The third-order valence-electron chi connectivity index (χ3n) is 3.51. The Kier molecular flexibility index (Phi) is 3.20. The molecule has 0 aliphatic heterocycles. The van der Waals surface area contributed by atoms with Crippen LogP contribution >= 0.6 is 0 Å². The molecule has 0 spiro atoms. The number of hydrogen-bond acceptors (Lipinski definition) is 5. The number of aromatic nitrogens is 5. The van der Waals surface area contributed by atoms with Crippen LogP contribution in [0.15, 0.2) is 23.0 Å². The Labute approximate surface area is 126 Å². The first-order valence-electron chi connectivity index (χ1n) is 6.90. The van der Waals surface area contributed by atoms with Crippen LogP contribution in [0.1, 0.15) is 26.3 Å². The van der Waals surface area contributed by atoms with Crippen molar-refractivity contribution in [2.45, 2.75) is 26.2 Å². The normalized spacial score (nSPS) is 11.8. The van der Waals surface area contributed by atoms with E-state index in [0.717, 1.165) is 11.1 Å². The standard InChI is InChI=1S/C15H17N5O2/c1-15(2,3)8-5-6-10(22-4)9(7-8)12-16-13-11(14(21)17-12)18-20-19-13/h5-7H,1-4H3,(H2,16,17,18,19,20,21). The van der Waals surface area contributed by atoms with E-state index in [2.05, 4.69) is 46.1 Å². The molecule has 22 heavy (non-hydrogen) atoms. The molecule has 7 nitrogen and oxygen atoms in total. The van der Waals surface area contributed by atoms with E-state index in [1.54, 1.807) is 7.11 Å². The van der Waals surface area contributed by atoms with Gasteiger partial charge < -0.3 is 9.72 Å². The summed E-state index contributed by atoms with van der Waals surface area (Å²) in [6, 6.07) is 5.86. The van der Waals surface area contributed by atoms with Crippen molar-refractivity contribution in [3.8, 4) is 17.1 Å². The molecule has 0 radical (unpaired) electrons. The lowest BCUT2D eigenvalue weighted by Gasteiger charge is -2.20. The molecule has 0 bridgehead atoms. The van der Waals surface area contributed by atoms with Gasteiger partial charge in [0.2, 0.25) is 5.65 Å². The predicted octanol–water partition coefficient (Wildman–Crippen LogP) is 2.01. The molecule has 7 heteroatoms. The highest BCUT2D eigenvalue weighted by molar-refractivity contribution is 5.73. The van der Waals surface area contributed by atoms with E-state index in [1.807, 2.05) is 18.2 Å². The first kappa shape index (κ1) is 14.2. The fourth-order valence-electron chi connectivity index (χ4n) is 2.24. The molecular formula is C15H17N5O2. The van der Waals surface area contributed by atoms with E-state index < -0.39 is 0 Å². The summed E-state index contributed by atoms with van der Waals surface area (Å²) >= 11 is 0. The highest BCUT2D eigenvalue weighted by atomic mass is 16.5. The van der Waals surface area contributed by atoms with Gasteiger partial charge >= 0.3 is 0 Å². The SMILES string of the molecule is COc1ccc(C(C)(C)C)cc1-c1nc2n[nH]nc2c(=O)[nH]1. The molecule has 0 aliphatic rings. The van der Waals surface area contributed by atoms with E-state index in [1.165, 1.54) is 0 Å². The zero-order chi connectivity index (χ0) is 15.9. The molecule has 0 saturated heterocycles. The Morgan fingerprint density at radius 3 is 2.64 bits per heavy atom. The van der Waals surface area contributed by atoms with Gasteiger partial charge in [-0.2, -0.15) is 5.21 Å². The number of ether oxygens (including phenoxy) is 1. The average Bonchev–Trinajstić information content (AvgIpc) is 2.94. The molecule has 2 heterocycles. The number of nitrogens with zero attached hydrogens (tertiary/aromatic N) is 3. The second-order valence-electron chi connectivity index (χ2n) is 6.08. The minimum Gasteiger partial charge on any atom is -0.496 e. The fourth-order valence-corrected chi connectivity index (χ4v) is 2.24. The minimum absolute atomic E-state index is 0.0285. The van der Waals surface area contributed by atoms with E-state index in [4.69, 9.17) is 4.74 Å². The third kappa shape index (κ3) is 2.34. The summed E-state index contributed by atoms with van der Waals surface area (Å²) in [5.41, 5.74) is 1.94. The van der Waals surface area contributed by atoms with Gasteiger partial charge in [-0.1, -0.05) is 26.8 Å². The highest BCUT2D eigenvalue weighted by Gasteiger charge is 2.18. The molecule has 2 N–H and O–H groups in total. The third-order valence-corrected chi connectivity index (χ3v) is 3.51. The zero-order valence-electron chi connectivity index (χ0n) is 12.9. The Bertz CT molecular complexity index is 889. The molecule has 3 rings (SSSR count). The second kappa shape index (κ2) is 4.94. The second-order valence-corrected chi connectivity index (χ2v) is 6.08. The van der Waals surface area contributed by atoms with Crippen LogP contribution < -0.4 is 10.3 Å². The van der Waals surface area contributed by atoms with E-state index >= 15 is 0 Å². The molecule has 0 atom stereocenters. The van der Waals surface area contributed by atoms with Crippen LogP contribution in [0.4, 0.5) is 0 Å². The zero-order valence-corrected chi connectivity index (χ0v) is 12.9. The summed E-state index contributed by atoms with van der Waals surface area (Å²) in [5, 5.41) is 10.1. The van der Waals surface area contributed by atoms with Crippen molar-refractivity contribution in [2.75, 3.05) is 7.11 Å². The molecule has 2 aromatic heterocycles. The molecule has 3 aromatic rings. The summed E-state index contributed by atoms with van der Waals surface area (Å²) < 4.78 is 5.39. The van der Waals surface area contributed by atoms with Gasteiger partial charge in [0.25, 0.3) is 5.56 Å². The van der Waals surface area contributed by atoms with Gasteiger partial charge in [0.1, 0.15) is 11.6 Å². The van der Waals surface area contributed by atoms with Crippen molar-refractivity contribution >= 4 is 11.2 Å². The number of H-pyrrole nitrogens is 2. The Balaban J connectivity index is 2.26. The van der Waals surface area contributed by atoms with Gasteiger partial charge in [-0.15, -0.1) is 10.2 Å². The van der Waals surface area contributed by atoms with Crippen LogP contribution in [-0.2, 0) is 5.41 Å². The summed E-state index contributed by atoms with van der Waals surface area (Å²) in [7, 11) is 1.59. The quantitative estimate of drug-likeness (QED) is 0.754. The number of fused-ring (bicyclic) bond motifs is 1. The summed E-state index contributed by atoms with van der Waals surface area (Å²) in [5.74, 6) is 1.05. The Hall–Kier alpha value is -2.70. The van der Waals surface area contributed by atoms with Crippen LogP contribution in [-0.4, -0.2) is 32.5 Å². The predicted molar refractivity (Wildman–Crippen MR) is 83.0 cm³/mol. The number of benzene rings is 1. The van der Waals surface area contributed by atoms with E-state index in [0.29, 0.717) is 11.6 Å². The summed E-state index contributed by atoms with van der Waals surface area (Å²) in [6.07, 6.45) is 0. The van der Waals surface area contributed by atoms with Gasteiger partial charge in [-0.25, -0.2) is 4.98 Å². The maximum atomic E-state index is 12.1. The monoisotopic (exact) mass is 299 g/mol. The first-order chi connectivity index (χ1) is 10.4. The van der Waals surface area contributed by atoms with Crippen LogP contribution in [0, 0.1) is 0 Å². The summed E-state index contributed by atoms with van der Waals surface area (Å²) in [4.78, 5) is 19.2. The first-order valence-corrected chi connectivity index (χ1v) is 6.90.